The Labute approximate surface area is 171 Å². The second kappa shape index (κ2) is 7.81. The van der Waals surface area contributed by atoms with Crippen molar-refractivity contribution in [2.45, 2.75) is 13.0 Å². The molecule has 2 aliphatic rings. The van der Waals surface area contributed by atoms with Crippen molar-refractivity contribution in [2.75, 3.05) is 36.0 Å². The maximum atomic E-state index is 12.2. The maximum absolute atomic E-state index is 12.2. The molecule has 1 N–H and O–H groups in total. The Bertz CT molecular complexity index is 928. The van der Waals surface area contributed by atoms with Gasteiger partial charge < -0.3 is 15.0 Å². The van der Waals surface area contributed by atoms with Crippen LogP contribution in [0.5, 0.6) is 0 Å². The molecule has 2 aromatic rings. The molecule has 28 heavy (non-hydrogen) atoms. The van der Waals surface area contributed by atoms with E-state index in [9.17, 15) is 9.59 Å². The number of thiophene rings is 1. The smallest absolute Gasteiger partial charge is 0.414 e. The number of anilines is 2. The third kappa shape index (κ3) is 3.83. The molecule has 0 radical (unpaired) electrons. The highest BCUT2D eigenvalue weighted by atomic mass is 35.5. The lowest BCUT2D eigenvalue weighted by Crippen LogP contribution is -2.34. The van der Waals surface area contributed by atoms with E-state index in [1.165, 1.54) is 11.3 Å². The lowest BCUT2D eigenvalue weighted by molar-refractivity contribution is 0.0920. The number of carbonyl (C=O) groups is 2. The molecule has 0 aliphatic carbocycles. The largest absolute Gasteiger partial charge is 0.442 e. The van der Waals surface area contributed by atoms with Crippen molar-refractivity contribution in [1.29, 1.82) is 0 Å². The number of cyclic esters (lactones) is 1. The number of rotatable bonds is 5. The van der Waals surface area contributed by atoms with Crippen LogP contribution in [0.2, 0.25) is 4.34 Å². The summed E-state index contributed by atoms with van der Waals surface area (Å²) in [6.45, 7) is 4.29. The van der Waals surface area contributed by atoms with Crippen LogP contribution in [0, 0.1) is 0 Å². The van der Waals surface area contributed by atoms with Crippen LogP contribution in [-0.4, -0.2) is 50.1 Å². The van der Waals surface area contributed by atoms with Crippen molar-refractivity contribution in [3.8, 4) is 0 Å². The quantitative estimate of drug-likeness (QED) is 0.807. The number of halogens is 1. The molecule has 146 valence electrons. The van der Waals surface area contributed by atoms with Gasteiger partial charge in [-0.2, -0.15) is 0 Å². The first-order chi connectivity index (χ1) is 13.5. The van der Waals surface area contributed by atoms with Gasteiger partial charge in [0.05, 0.1) is 28.8 Å². The van der Waals surface area contributed by atoms with Gasteiger partial charge in [0.1, 0.15) is 11.9 Å². The molecule has 1 aromatic carbocycles. The molecule has 1 saturated heterocycles. The normalized spacial score (nSPS) is 19.0. The van der Waals surface area contributed by atoms with Crippen LogP contribution in [0.3, 0.4) is 0 Å². The Kier molecular flexibility index (Phi) is 5.23. The summed E-state index contributed by atoms with van der Waals surface area (Å²) in [5.74, 6) is 0.773. The predicted octanol–water partition coefficient (Wildman–Crippen LogP) is 3.40. The number of ether oxygens (including phenoxy) is 1. The fraction of sp³-hybridized carbons (Fsp3) is 0.316. The zero-order valence-electron chi connectivity index (χ0n) is 15.2. The maximum Gasteiger partial charge on any atom is 0.414 e. The number of amides is 2. The fourth-order valence-corrected chi connectivity index (χ4v) is 4.22. The molecule has 7 nitrogen and oxygen atoms in total. The van der Waals surface area contributed by atoms with E-state index in [1.807, 2.05) is 31.2 Å². The summed E-state index contributed by atoms with van der Waals surface area (Å²) >= 11 is 7.06. The van der Waals surface area contributed by atoms with Crippen LogP contribution in [0.4, 0.5) is 16.2 Å². The summed E-state index contributed by atoms with van der Waals surface area (Å²) in [4.78, 5) is 33.0. The molecule has 4 rings (SSSR count). The predicted molar refractivity (Wildman–Crippen MR) is 111 cm³/mol. The van der Waals surface area contributed by atoms with Gasteiger partial charge in [-0.05, 0) is 43.3 Å². The van der Waals surface area contributed by atoms with E-state index in [0.29, 0.717) is 15.8 Å². The first-order valence-corrected chi connectivity index (χ1v) is 10.1. The molecule has 0 saturated carbocycles. The van der Waals surface area contributed by atoms with E-state index in [-0.39, 0.29) is 12.5 Å². The minimum atomic E-state index is -0.412. The molecule has 0 unspecified atom stereocenters. The summed E-state index contributed by atoms with van der Waals surface area (Å²) < 4.78 is 5.94. The van der Waals surface area contributed by atoms with Gasteiger partial charge in [0.15, 0.2) is 0 Å². The number of amidine groups is 1. The van der Waals surface area contributed by atoms with Crippen LogP contribution < -0.4 is 15.1 Å². The molecule has 1 atom stereocenters. The Balaban J connectivity index is 1.35. The van der Waals surface area contributed by atoms with Gasteiger partial charge in [-0.1, -0.05) is 11.6 Å². The number of nitrogens with zero attached hydrogens (tertiary/aromatic N) is 3. The highest BCUT2D eigenvalue weighted by Gasteiger charge is 2.32. The number of hydrogen-bond acceptors (Lipinski definition) is 6. The molecule has 9 heteroatoms. The summed E-state index contributed by atoms with van der Waals surface area (Å²) in [6, 6.07) is 11.1. The van der Waals surface area contributed by atoms with E-state index < -0.39 is 12.2 Å². The zero-order valence-corrected chi connectivity index (χ0v) is 16.8. The summed E-state index contributed by atoms with van der Waals surface area (Å²) in [6.07, 6.45) is -0.815. The Hall–Kier alpha value is -2.58. The van der Waals surface area contributed by atoms with Crippen molar-refractivity contribution >= 4 is 52.1 Å². The van der Waals surface area contributed by atoms with Crippen LogP contribution in [0.1, 0.15) is 16.6 Å². The molecule has 3 heterocycles. The number of benzene rings is 1. The van der Waals surface area contributed by atoms with Gasteiger partial charge in [-0.25, -0.2) is 4.79 Å². The standard InChI is InChI=1S/C19H19ClN4O3S/c1-12-21-8-9-23(12)13-2-4-14(5-3-13)24-11-15(27-19(24)26)10-22-18(25)16-6-7-17(20)28-16/h2-7,15H,8-11H2,1H3,(H,22,25)/t15-/m0/s1. The third-order valence-electron chi connectivity index (χ3n) is 4.69. The van der Waals surface area contributed by atoms with Gasteiger partial charge in [0.2, 0.25) is 0 Å². The van der Waals surface area contributed by atoms with Crippen LogP contribution >= 0.6 is 22.9 Å². The molecular formula is C19H19ClN4O3S. The number of aliphatic imine (C=N–C) groups is 1. The SMILES string of the molecule is CC1=NCCN1c1ccc(N2C[C@H](CNC(=O)c3ccc(Cl)s3)OC2=O)cc1. The van der Waals surface area contributed by atoms with E-state index >= 15 is 0 Å². The molecular weight excluding hydrogens is 400 g/mol. The second-order valence-corrected chi connectivity index (χ2v) is 8.24. The van der Waals surface area contributed by atoms with Gasteiger partial charge in [-0.15, -0.1) is 11.3 Å². The van der Waals surface area contributed by atoms with E-state index in [0.717, 1.165) is 30.3 Å². The summed E-state index contributed by atoms with van der Waals surface area (Å²) in [5.41, 5.74) is 1.81. The summed E-state index contributed by atoms with van der Waals surface area (Å²) in [5, 5.41) is 2.79. The molecule has 0 bridgehead atoms. The summed E-state index contributed by atoms with van der Waals surface area (Å²) in [7, 11) is 0. The molecule has 1 fully saturated rings. The lowest BCUT2D eigenvalue weighted by Gasteiger charge is -2.20. The van der Waals surface area contributed by atoms with E-state index in [2.05, 4.69) is 15.2 Å². The first-order valence-electron chi connectivity index (χ1n) is 8.91. The molecule has 1 aromatic heterocycles. The average molecular weight is 419 g/mol. The minimum absolute atomic E-state index is 0.224. The Morgan fingerprint density at radius 1 is 1.25 bits per heavy atom. The van der Waals surface area contributed by atoms with E-state index in [4.69, 9.17) is 16.3 Å². The van der Waals surface area contributed by atoms with Crippen molar-refractivity contribution < 1.29 is 14.3 Å². The molecule has 2 amide bonds. The van der Waals surface area contributed by atoms with Gasteiger partial charge in [-0.3, -0.25) is 14.7 Å². The third-order valence-corrected chi connectivity index (χ3v) is 5.92. The zero-order chi connectivity index (χ0) is 19.7. The van der Waals surface area contributed by atoms with Crippen LogP contribution in [0.15, 0.2) is 41.4 Å². The van der Waals surface area contributed by atoms with E-state index in [1.54, 1.807) is 17.0 Å². The second-order valence-electron chi connectivity index (χ2n) is 6.53. The molecule has 2 aliphatic heterocycles. The van der Waals surface area contributed by atoms with Gasteiger partial charge >= 0.3 is 6.09 Å². The minimum Gasteiger partial charge on any atom is -0.442 e. The highest BCUT2D eigenvalue weighted by molar-refractivity contribution is 7.18. The van der Waals surface area contributed by atoms with Gasteiger partial charge in [0.25, 0.3) is 5.91 Å². The number of hydrogen-bond donors (Lipinski definition) is 1. The van der Waals surface area contributed by atoms with Crippen molar-refractivity contribution in [3.05, 3.63) is 45.6 Å². The van der Waals surface area contributed by atoms with Crippen LogP contribution in [0.25, 0.3) is 0 Å². The van der Waals surface area contributed by atoms with Crippen molar-refractivity contribution in [2.24, 2.45) is 4.99 Å². The van der Waals surface area contributed by atoms with Crippen molar-refractivity contribution in [3.63, 3.8) is 0 Å². The first kappa shape index (κ1) is 18.8. The average Bonchev–Trinajstić information content (AvgIpc) is 3.40. The topological polar surface area (TPSA) is 74.2 Å². The fourth-order valence-electron chi connectivity index (χ4n) is 3.26. The Morgan fingerprint density at radius 2 is 1.96 bits per heavy atom. The monoisotopic (exact) mass is 418 g/mol. The number of carbonyl (C=O) groups excluding carboxylic acids is 2. The Morgan fingerprint density at radius 3 is 2.57 bits per heavy atom. The lowest BCUT2D eigenvalue weighted by atomic mass is 10.2. The van der Waals surface area contributed by atoms with Crippen molar-refractivity contribution in [1.82, 2.24) is 5.32 Å². The highest BCUT2D eigenvalue weighted by Crippen LogP contribution is 2.26. The van der Waals surface area contributed by atoms with Crippen LogP contribution in [-0.2, 0) is 4.74 Å². The molecule has 0 spiro atoms. The van der Waals surface area contributed by atoms with Gasteiger partial charge in [0, 0.05) is 17.9 Å². The number of nitrogens with one attached hydrogen (secondary N) is 1.